The molecular weight excluding hydrogens is 324 g/mol. The summed E-state index contributed by atoms with van der Waals surface area (Å²) in [4.78, 5) is 11.2. The number of aliphatic carboxylic acids is 1. The SMILES string of the molecule is C=C1CC[C@H](O)C/C1=C/C=C1\CCC[C@]2(C)[C@@H]([C@H](C)CC(=O)O)CC[C@@H]12. The standard InChI is InChI=1S/C23H34O3/c1-15-6-9-19(24)14-18(15)8-7-17-5-4-12-23(3)20(10-11-21(17)23)16(2)13-22(25)26/h7-8,16,19-21,24H,1,4-6,9-14H2,2-3H3,(H,25,26)/b17-7+,18-8-/t16-,19+,20-,21+,23-/m1/s1. The van der Waals surface area contributed by atoms with Crippen LogP contribution in [-0.4, -0.2) is 22.3 Å². The Hall–Kier alpha value is -1.35. The Morgan fingerprint density at radius 2 is 2.08 bits per heavy atom. The van der Waals surface area contributed by atoms with Crippen molar-refractivity contribution in [2.24, 2.45) is 23.2 Å². The molecule has 3 aliphatic carbocycles. The van der Waals surface area contributed by atoms with Crippen LogP contribution >= 0.6 is 0 Å². The van der Waals surface area contributed by atoms with Gasteiger partial charge < -0.3 is 10.2 Å². The summed E-state index contributed by atoms with van der Waals surface area (Å²) < 4.78 is 0. The van der Waals surface area contributed by atoms with Gasteiger partial charge in [0.15, 0.2) is 0 Å². The highest BCUT2D eigenvalue weighted by molar-refractivity contribution is 5.67. The van der Waals surface area contributed by atoms with Gasteiger partial charge in [-0.1, -0.05) is 43.7 Å². The maximum Gasteiger partial charge on any atom is 0.303 e. The Kier molecular flexibility index (Phi) is 5.76. The van der Waals surface area contributed by atoms with Gasteiger partial charge in [0.25, 0.3) is 0 Å². The third-order valence-corrected chi connectivity index (χ3v) is 7.41. The number of allylic oxidation sites excluding steroid dienone is 4. The molecule has 0 aromatic rings. The average Bonchev–Trinajstić information content (AvgIpc) is 2.92. The van der Waals surface area contributed by atoms with Gasteiger partial charge in [-0.15, -0.1) is 0 Å². The molecule has 0 aromatic carbocycles. The normalized spacial score (nSPS) is 39.2. The van der Waals surface area contributed by atoms with Crippen LogP contribution in [0.1, 0.15) is 71.6 Å². The fourth-order valence-electron chi connectivity index (χ4n) is 6.03. The average molecular weight is 359 g/mol. The van der Waals surface area contributed by atoms with Crippen LogP contribution in [-0.2, 0) is 4.79 Å². The van der Waals surface area contributed by atoms with Gasteiger partial charge in [0.2, 0.25) is 0 Å². The third-order valence-electron chi connectivity index (χ3n) is 7.41. The second-order valence-electron chi connectivity index (χ2n) is 9.10. The molecule has 2 N–H and O–H groups in total. The number of hydrogen-bond acceptors (Lipinski definition) is 2. The molecule has 0 radical (unpaired) electrons. The van der Waals surface area contributed by atoms with E-state index in [0.717, 1.165) is 32.1 Å². The van der Waals surface area contributed by atoms with E-state index in [1.807, 2.05) is 0 Å². The molecule has 0 bridgehead atoms. The zero-order valence-electron chi connectivity index (χ0n) is 16.3. The quantitative estimate of drug-likeness (QED) is 0.720. The first kappa shape index (κ1) is 19.4. The molecule has 3 rings (SSSR count). The highest BCUT2D eigenvalue weighted by Crippen LogP contribution is 2.59. The molecule has 5 atom stereocenters. The van der Waals surface area contributed by atoms with Crippen LogP contribution in [0.25, 0.3) is 0 Å². The largest absolute Gasteiger partial charge is 0.481 e. The third kappa shape index (κ3) is 3.83. The Morgan fingerprint density at radius 1 is 1.31 bits per heavy atom. The van der Waals surface area contributed by atoms with Gasteiger partial charge in [-0.2, -0.15) is 0 Å². The zero-order chi connectivity index (χ0) is 18.9. The van der Waals surface area contributed by atoms with Gasteiger partial charge in [-0.3, -0.25) is 4.79 Å². The molecule has 3 nitrogen and oxygen atoms in total. The molecular formula is C23H34O3. The number of carbonyl (C=O) groups is 1. The van der Waals surface area contributed by atoms with Crippen LogP contribution in [0, 0.1) is 23.2 Å². The summed E-state index contributed by atoms with van der Waals surface area (Å²) in [6, 6.07) is 0. The molecule has 0 amide bonds. The molecule has 0 unspecified atom stereocenters. The van der Waals surface area contributed by atoms with Crippen LogP contribution in [0.15, 0.2) is 35.5 Å². The molecule has 0 heterocycles. The monoisotopic (exact) mass is 358 g/mol. The smallest absolute Gasteiger partial charge is 0.303 e. The van der Waals surface area contributed by atoms with Gasteiger partial charge in [0.1, 0.15) is 0 Å². The van der Waals surface area contributed by atoms with E-state index >= 15 is 0 Å². The number of carboxylic acid groups (broad SMARTS) is 1. The molecule has 3 saturated carbocycles. The van der Waals surface area contributed by atoms with Crippen molar-refractivity contribution in [3.05, 3.63) is 35.5 Å². The first-order valence-electron chi connectivity index (χ1n) is 10.3. The summed E-state index contributed by atoms with van der Waals surface area (Å²) in [5, 5.41) is 19.1. The van der Waals surface area contributed by atoms with Gasteiger partial charge in [-0.25, -0.2) is 0 Å². The number of carboxylic acids is 1. The van der Waals surface area contributed by atoms with E-state index < -0.39 is 5.97 Å². The van der Waals surface area contributed by atoms with E-state index in [9.17, 15) is 15.0 Å². The molecule has 0 aromatic heterocycles. The van der Waals surface area contributed by atoms with Gasteiger partial charge in [0.05, 0.1) is 6.10 Å². The van der Waals surface area contributed by atoms with E-state index in [1.165, 1.54) is 36.0 Å². The Morgan fingerprint density at radius 3 is 2.81 bits per heavy atom. The number of fused-ring (bicyclic) bond motifs is 1. The van der Waals surface area contributed by atoms with E-state index in [-0.39, 0.29) is 23.9 Å². The first-order chi connectivity index (χ1) is 12.3. The van der Waals surface area contributed by atoms with Crippen molar-refractivity contribution < 1.29 is 15.0 Å². The van der Waals surface area contributed by atoms with Crippen LogP contribution in [0.4, 0.5) is 0 Å². The zero-order valence-corrected chi connectivity index (χ0v) is 16.3. The summed E-state index contributed by atoms with van der Waals surface area (Å²) in [5.74, 6) is 0.659. The number of aliphatic hydroxyl groups is 1. The van der Waals surface area contributed by atoms with Crippen molar-refractivity contribution in [1.29, 1.82) is 0 Å². The fraction of sp³-hybridized carbons (Fsp3) is 0.696. The van der Waals surface area contributed by atoms with Crippen LogP contribution in [0.3, 0.4) is 0 Å². The molecule has 0 spiro atoms. The lowest BCUT2D eigenvalue weighted by atomic mass is 9.61. The highest BCUT2D eigenvalue weighted by atomic mass is 16.4. The second kappa shape index (κ2) is 7.72. The minimum Gasteiger partial charge on any atom is -0.481 e. The highest BCUT2D eigenvalue weighted by Gasteiger charge is 2.50. The lowest BCUT2D eigenvalue weighted by molar-refractivity contribution is -0.138. The fourth-order valence-corrected chi connectivity index (χ4v) is 6.03. The molecule has 3 heteroatoms. The van der Waals surface area contributed by atoms with E-state index in [1.54, 1.807) is 0 Å². The molecule has 144 valence electrons. The van der Waals surface area contributed by atoms with Crippen molar-refractivity contribution in [3.63, 3.8) is 0 Å². The number of rotatable bonds is 4. The Bertz CT molecular complexity index is 629. The summed E-state index contributed by atoms with van der Waals surface area (Å²) in [6.45, 7) is 8.70. The minimum atomic E-state index is -0.671. The van der Waals surface area contributed by atoms with E-state index in [2.05, 4.69) is 32.6 Å². The van der Waals surface area contributed by atoms with E-state index in [0.29, 0.717) is 11.8 Å². The van der Waals surface area contributed by atoms with Gasteiger partial charge in [-0.05, 0) is 80.1 Å². The predicted octanol–water partition coefficient (Wildman–Crippen LogP) is 5.27. The van der Waals surface area contributed by atoms with Crippen molar-refractivity contribution in [3.8, 4) is 0 Å². The molecule has 3 aliphatic rings. The second-order valence-corrected chi connectivity index (χ2v) is 9.10. The molecule has 0 aliphatic heterocycles. The maximum atomic E-state index is 11.2. The predicted molar refractivity (Wildman–Crippen MR) is 105 cm³/mol. The van der Waals surface area contributed by atoms with E-state index in [4.69, 9.17) is 0 Å². The number of hydrogen-bond donors (Lipinski definition) is 2. The first-order valence-corrected chi connectivity index (χ1v) is 10.3. The van der Waals surface area contributed by atoms with Crippen LogP contribution in [0.2, 0.25) is 0 Å². The maximum absolute atomic E-state index is 11.2. The lowest BCUT2D eigenvalue weighted by Crippen LogP contribution is -2.36. The summed E-state index contributed by atoms with van der Waals surface area (Å²) >= 11 is 0. The van der Waals surface area contributed by atoms with Gasteiger partial charge >= 0.3 is 5.97 Å². The molecule has 3 fully saturated rings. The van der Waals surface area contributed by atoms with Crippen LogP contribution < -0.4 is 0 Å². The number of aliphatic hydroxyl groups excluding tert-OH is 1. The summed E-state index contributed by atoms with van der Waals surface area (Å²) in [5.41, 5.74) is 4.15. The topological polar surface area (TPSA) is 57.5 Å². The van der Waals surface area contributed by atoms with Gasteiger partial charge in [0, 0.05) is 6.42 Å². The Labute approximate surface area is 157 Å². The minimum absolute atomic E-state index is 0.227. The van der Waals surface area contributed by atoms with Crippen molar-refractivity contribution in [1.82, 2.24) is 0 Å². The molecule has 26 heavy (non-hydrogen) atoms. The van der Waals surface area contributed by atoms with Crippen LogP contribution in [0.5, 0.6) is 0 Å². The summed E-state index contributed by atoms with van der Waals surface area (Å²) in [7, 11) is 0. The molecule has 0 saturated heterocycles. The van der Waals surface area contributed by atoms with Crippen molar-refractivity contribution in [2.75, 3.05) is 0 Å². The van der Waals surface area contributed by atoms with Crippen molar-refractivity contribution >= 4 is 5.97 Å². The summed E-state index contributed by atoms with van der Waals surface area (Å²) in [6.07, 6.45) is 12.9. The lowest BCUT2D eigenvalue weighted by Gasteiger charge is -2.44. The Balaban J connectivity index is 1.79. The van der Waals surface area contributed by atoms with Crippen molar-refractivity contribution in [2.45, 2.75) is 77.7 Å².